The fraction of sp³-hybridized carbons (Fsp3) is 0.357. The van der Waals surface area contributed by atoms with Crippen LogP contribution in [0.4, 0.5) is 5.69 Å². The van der Waals surface area contributed by atoms with Crippen LogP contribution in [0.25, 0.3) is 10.1 Å². The summed E-state index contributed by atoms with van der Waals surface area (Å²) in [6, 6.07) is 8.35. The lowest BCUT2D eigenvalue weighted by Crippen LogP contribution is -2.38. The molecule has 1 amide bonds. The van der Waals surface area contributed by atoms with Crippen LogP contribution in [0.5, 0.6) is 0 Å². The standard InChI is InChI=1S/C14H16N2OS/c1-2-15-12-5-7-16(14(12)17)11-3-4-13-10(9-11)6-8-18-13/h3-4,6,8-9,12,15H,2,5,7H2,1H3. The summed E-state index contributed by atoms with van der Waals surface area (Å²) in [5, 5.41) is 6.54. The van der Waals surface area contributed by atoms with E-state index in [2.05, 4.69) is 28.9 Å². The fourth-order valence-electron chi connectivity index (χ4n) is 2.49. The number of likely N-dealkylation sites (N-methyl/N-ethyl adjacent to an activating group) is 1. The smallest absolute Gasteiger partial charge is 0.244 e. The van der Waals surface area contributed by atoms with Gasteiger partial charge in [0, 0.05) is 16.9 Å². The lowest BCUT2D eigenvalue weighted by molar-refractivity contribution is -0.118. The maximum Gasteiger partial charge on any atom is 0.244 e. The molecule has 3 rings (SSSR count). The highest BCUT2D eigenvalue weighted by molar-refractivity contribution is 7.17. The molecule has 18 heavy (non-hydrogen) atoms. The Morgan fingerprint density at radius 2 is 2.33 bits per heavy atom. The van der Waals surface area contributed by atoms with E-state index < -0.39 is 0 Å². The Morgan fingerprint density at radius 1 is 1.44 bits per heavy atom. The van der Waals surface area contributed by atoms with Crippen LogP contribution in [0.1, 0.15) is 13.3 Å². The summed E-state index contributed by atoms with van der Waals surface area (Å²) in [5.74, 6) is 0.200. The molecule has 0 bridgehead atoms. The van der Waals surface area contributed by atoms with Crippen LogP contribution in [0, 0.1) is 0 Å². The summed E-state index contributed by atoms with van der Waals surface area (Å²) in [6.45, 7) is 3.69. The van der Waals surface area contributed by atoms with Gasteiger partial charge in [0.2, 0.25) is 5.91 Å². The summed E-state index contributed by atoms with van der Waals surface area (Å²) in [7, 11) is 0. The van der Waals surface area contributed by atoms with Gasteiger partial charge in [-0.25, -0.2) is 0 Å². The third-order valence-corrected chi connectivity index (χ3v) is 4.30. The van der Waals surface area contributed by atoms with Crippen LogP contribution in [0.3, 0.4) is 0 Å². The lowest BCUT2D eigenvalue weighted by atomic mass is 10.2. The summed E-state index contributed by atoms with van der Waals surface area (Å²) < 4.78 is 1.27. The minimum Gasteiger partial charge on any atom is -0.311 e. The van der Waals surface area contributed by atoms with Crippen molar-refractivity contribution in [3.05, 3.63) is 29.6 Å². The second-order valence-electron chi connectivity index (χ2n) is 4.53. The Hall–Kier alpha value is -1.39. The number of carbonyl (C=O) groups excluding carboxylic acids is 1. The number of fused-ring (bicyclic) bond motifs is 1. The van der Waals surface area contributed by atoms with Gasteiger partial charge in [-0.05, 0) is 48.0 Å². The molecule has 0 saturated carbocycles. The van der Waals surface area contributed by atoms with Gasteiger partial charge in [0.25, 0.3) is 0 Å². The van der Waals surface area contributed by atoms with Gasteiger partial charge in [0.15, 0.2) is 0 Å². The van der Waals surface area contributed by atoms with Gasteiger partial charge in [-0.15, -0.1) is 11.3 Å². The fourth-order valence-corrected chi connectivity index (χ4v) is 3.26. The van der Waals surface area contributed by atoms with E-state index in [1.165, 1.54) is 10.1 Å². The predicted octanol–water partition coefficient (Wildman–Crippen LogP) is 2.62. The Balaban J connectivity index is 1.88. The number of hydrogen-bond acceptors (Lipinski definition) is 3. The second-order valence-corrected chi connectivity index (χ2v) is 5.48. The van der Waals surface area contributed by atoms with Crippen LogP contribution >= 0.6 is 11.3 Å². The van der Waals surface area contributed by atoms with Crippen molar-refractivity contribution in [2.75, 3.05) is 18.0 Å². The normalized spacial score (nSPS) is 19.9. The van der Waals surface area contributed by atoms with Crippen LogP contribution < -0.4 is 10.2 Å². The van der Waals surface area contributed by atoms with Crippen LogP contribution in [-0.2, 0) is 4.79 Å². The number of nitrogens with one attached hydrogen (secondary N) is 1. The predicted molar refractivity (Wildman–Crippen MR) is 76.3 cm³/mol. The van der Waals surface area contributed by atoms with Crippen molar-refractivity contribution in [3.63, 3.8) is 0 Å². The van der Waals surface area contributed by atoms with E-state index >= 15 is 0 Å². The van der Waals surface area contributed by atoms with Gasteiger partial charge >= 0.3 is 0 Å². The lowest BCUT2D eigenvalue weighted by Gasteiger charge is -2.17. The Kier molecular flexibility index (Phi) is 3.06. The summed E-state index contributed by atoms with van der Waals surface area (Å²) >= 11 is 1.73. The zero-order valence-corrected chi connectivity index (χ0v) is 11.2. The minimum absolute atomic E-state index is 0.00632. The first-order chi connectivity index (χ1) is 8.79. The van der Waals surface area contributed by atoms with Crippen molar-refractivity contribution in [1.29, 1.82) is 0 Å². The molecule has 1 saturated heterocycles. The molecule has 94 valence electrons. The van der Waals surface area contributed by atoms with Crippen molar-refractivity contribution in [2.45, 2.75) is 19.4 Å². The highest BCUT2D eigenvalue weighted by atomic mass is 32.1. The molecule has 0 spiro atoms. The van der Waals surface area contributed by atoms with Crippen molar-refractivity contribution in [3.8, 4) is 0 Å². The molecule has 1 N–H and O–H groups in total. The average molecular weight is 260 g/mol. The van der Waals surface area contributed by atoms with E-state index in [-0.39, 0.29) is 11.9 Å². The van der Waals surface area contributed by atoms with Gasteiger partial charge in [0.05, 0.1) is 6.04 Å². The van der Waals surface area contributed by atoms with Gasteiger partial charge < -0.3 is 10.2 Å². The zero-order chi connectivity index (χ0) is 12.5. The van der Waals surface area contributed by atoms with Crippen molar-refractivity contribution >= 4 is 33.0 Å². The molecule has 1 aliphatic rings. The number of hydrogen-bond donors (Lipinski definition) is 1. The first-order valence-electron chi connectivity index (χ1n) is 6.31. The van der Waals surface area contributed by atoms with E-state index in [9.17, 15) is 4.79 Å². The highest BCUT2D eigenvalue weighted by Crippen LogP contribution is 2.28. The molecule has 2 aromatic rings. The van der Waals surface area contributed by atoms with Gasteiger partial charge in [-0.3, -0.25) is 4.79 Å². The molecule has 1 aromatic carbocycles. The average Bonchev–Trinajstić information content (AvgIpc) is 2.97. The third kappa shape index (κ3) is 1.91. The number of benzene rings is 1. The Morgan fingerprint density at radius 3 is 3.17 bits per heavy atom. The molecule has 2 heterocycles. The second kappa shape index (κ2) is 4.71. The SMILES string of the molecule is CCNC1CCN(c2ccc3sccc3c2)C1=O. The summed E-state index contributed by atoms with van der Waals surface area (Å²) in [6.07, 6.45) is 0.897. The number of nitrogens with zero attached hydrogens (tertiary/aromatic N) is 1. The van der Waals surface area contributed by atoms with E-state index in [4.69, 9.17) is 0 Å². The van der Waals surface area contributed by atoms with Gasteiger partial charge in [-0.2, -0.15) is 0 Å². The quantitative estimate of drug-likeness (QED) is 0.920. The monoisotopic (exact) mass is 260 g/mol. The summed E-state index contributed by atoms with van der Waals surface area (Å²) in [4.78, 5) is 14.1. The number of carbonyl (C=O) groups is 1. The zero-order valence-electron chi connectivity index (χ0n) is 10.3. The molecule has 4 heteroatoms. The maximum atomic E-state index is 12.2. The molecular weight excluding hydrogens is 244 g/mol. The van der Waals surface area contributed by atoms with Gasteiger partial charge in [-0.1, -0.05) is 6.92 Å². The van der Waals surface area contributed by atoms with Crippen LogP contribution in [0.15, 0.2) is 29.6 Å². The van der Waals surface area contributed by atoms with E-state index in [0.29, 0.717) is 0 Å². The van der Waals surface area contributed by atoms with E-state index in [1.807, 2.05) is 17.9 Å². The number of anilines is 1. The Bertz CT molecular complexity index is 578. The van der Waals surface area contributed by atoms with Crippen molar-refractivity contribution in [1.82, 2.24) is 5.32 Å². The Labute approximate surface area is 110 Å². The highest BCUT2D eigenvalue weighted by Gasteiger charge is 2.31. The first kappa shape index (κ1) is 11.7. The van der Waals surface area contributed by atoms with Gasteiger partial charge in [0.1, 0.15) is 0 Å². The third-order valence-electron chi connectivity index (χ3n) is 3.40. The maximum absolute atomic E-state index is 12.2. The van der Waals surface area contributed by atoms with Crippen LogP contribution in [-0.4, -0.2) is 25.0 Å². The van der Waals surface area contributed by atoms with E-state index in [1.54, 1.807) is 11.3 Å². The molecule has 1 aromatic heterocycles. The molecule has 1 aliphatic heterocycles. The molecule has 0 aliphatic carbocycles. The van der Waals surface area contributed by atoms with Crippen LogP contribution in [0.2, 0.25) is 0 Å². The molecule has 1 unspecified atom stereocenters. The van der Waals surface area contributed by atoms with Crippen molar-refractivity contribution < 1.29 is 4.79 Å². The topological polar surface area (TPSA) is 32.3 Å². The van der Waals surface area contributed by atoms with E-state index in [0.717, 1.165) is 25.2 Å². The van der Waals surface area contributed by atoms with Crippen molar-refractivity contribution in [2.24, 2.45) is 0 Å². The largest absolute Gasteiger partial charge is 0.311 e. The number of rotatable bonds is 3. The molecule has 0 radical (unpaired) electrons. The number of thiophene rings is 1. The number of amides is 1. The molecule has 3 nitrogen and oxygen atoms in total. The molecule has 1 atom stereocenters. The summed E-state index contributed by atoms with van der Waals surface area (Å²) in [5.41, 5.74) is 1.02. The molecular formula is C14H16N2OS. The molecule has 1 fully saturated rings. The minimum atomic E-state index is -0.00632. The first-order valence-corrected chi connectivity index (χ1v) is 7.19.